The van der Waals surface area contributed by atoms with Crippen molar-refractivity contribution >= 4 is 5.82 Å². The van der Waals surface area contributed by atoms with Gasteiger partial charge in [0.15, 0.2) is 0 Å². The first-order chi connectivity index (χ1) is 6.77. The van der Waals surface area contributed by atoms with Crippen LogP contribution in [0, 0.1) is 6.92 Å². The Morgan fingerprint density at radius 3 is 2.57 bits per heavy atom. The standard InChI is InChI=1S/C11H13N3/c1-9-13-7-11(12)14(9)8-10-5-3-2-4-6-10/h2-7H,8,12H2,1H3. The summed E-state index contributed by atoms with van der Waals surface area (Å²) in [5, 5.41) is 0. The zero-order valence-corrected chi connectivity index (χ0v) is 8.14. The highest BCUT2D eigenvalue weighted by Crippen LogP contribution is 2.10. The zero-order chi connectivity index (χ0) is 9.97. The van der Waals surface area contributed by atoms with Gasteiger partial charge in [-0.25, -0.2) is 4.98 Å². The lowest BCUT2D eigenvalue weighted by Gasteiger charge is -2.06. The fraction of sp³-hybridized carbons (Fsp3) is 0.182. The van der Waals surface area contributed by atoms with E-state index in [0.29, 0.717) is 5.82 Å². The summed E-state index contributed by atoms with van der Waals surface area (Å²) in [5.41, 5.74) is 7.03. The molecule has 0 amide bonds. The lowest BCUT2D eigenvalue weighted by atomic mass is 10.2. The van der Waals surface area contributed by atoms with Crippen LogP contribution in [0.2, 0.25) is 0 Å². The Hall–Kier alpha value is -1.77. The van der Waals surface area contributed by atoms with E-state index in [-0.39, 0.29) is 0 Å². The van der Waals surface area contributed by atoms with Crippen LogP contribution >= 0.6 is 0 Å². The highest BCUT2D eigenvalue weighted by Gasteiger charge is 2.02. The van der Waals surface area contributed by atoms with E-state index in [0.717, 1.165) is 12.4 Å². The molecule has 0 radical (unpaired) electrons. The third kappa shape index (κ3) is 1.62. The highest BCUT2D eigenvalue weighted by molar-refractivity contribution is 5.29. The number of hydrogen-bond donors (Lipinski definition) is 1. The second-order valence-corrected chi connectivity index (χ2v) is 3.30. The highest BCUT2D eigenvalue weighted by atomic mass is 15.1. The number of imidazole rings is 1. The summed E-state index contributed by atoms with van der Waals surface area (Å²) >= 11 is 0. The van der Waals surface area contributed by atoms with Crippen LogP contribution in [0.25, 0.3) is 0 Å². The first-order valence-electron chi connectivity index (χ1n) is 4.59. The van der Waals surface area contributed by atoms with Crippen LogP contribution in [0.3, 0.4) is 0 Å². The van der Waals surface area contributed by atoms with Crippen LogP contribution in [0.4, 0.5) is 5.82 Å². The van der Waals surface area contributed by atoms with Crippen LogP contribution < -0.4 is 5.73 Å². The Labute approximate surface area is 83.2 Å². The third-order valence-electron chi connectivity index (χ3n) is 2.27. The number of benzene rings is 1. The Morgan fingerprint density at radius 1 is 1.29 bits per heavy atom. The maximum Gasteiger partial charge on any atom is 0.123 e. The molecule has 1 aromatic heterocycles. The van der Waals surface area contributed by atoms with Gasteiger partial charge < -0.3 is 10.3 Å². The van der Waals surface area contributed by atoms with Gasteiger partial charge >= 0.3 is 0 Å². The first kappa shape index (κ1) is 8.81. The maximum atomic E-state index is 5.79. The molecule has 1 aromatic carbocycles. The molecule has 0 unspecified atom stereocenters. The van der Waals surface area contributed by atoms with E-state index in [1.807, 2.05) is 29.7 Å². The number of nitrogen functional groups attached to an aromatic ring is 1. The first-order valence-corrected chi connectivity index (χ1v) is 4.59. The average Bonchev–Trinajstić information content (AvgIpc) is 2.51. The van der Waals surface area contributed by atoms with E-state index in [1.165, 1.54) is 5.56 Å². The summed E-state index contributed by atoms with van der Waals surface area (Å²) < 4.78 is 2.00. The Bertz CT molecular complexity index is 398. The molecule has 1 heterocycles. The number of rotatable bonds is 2. The molecule has 0 aliphatic carbocycles. The molecule has 14 heavy (non-hydrogen) atoms. The van der Waals surface area contributed by atoms with Crippen molar-refractivity contribution < 1.29 is 0 Å². The summed E-state index contributed by atoms with van der Waals surface area (Å²) in [6.07, 6.45) is 1.69. The van der Waals surface area contributed by atoms with Crippen LogP contribution in [0.15, 0.2) is 36.5 Å². The van der Waals surface area contributed by atoms with Gasteiger partial charge in [-0.05, 0) is 12.5 Å². The predicted molar refractivity (Wildman–Crippen MR) is 56.9 cm³/mol. The minimum atomic E-state index is 0.714. The number of nitrogens with two attached hydrogens (primary N) is 1. The summed E-state index contributed by atoms with van der Waals surface area (Å²) in [6.45, 7) is 2.75. The zero-order valence-electron chi connectivity index (χ0n) is 8.14. The van der Waals surface area contributed by atoms with Gasteiger partial charge in [-0.3, -0.25) is 0 Å². The summed E-state index contributed by atoms with van der Waals surface area (Å²) in [5.74, 6) is 1.66. The van der Waals surface area contributed by atoms with E-state index >= 15 is 0 Å². The van der Waals surface area contributed by atoms with E-state index in [4.69, 9.17) is 5.73 Å². The normalized spacial score (nSPS) is 10.4. The van der Waals surface area contributed by atoms with E-state index in [9.17, 15) is 0 Å². The third-order valence-corrected chi connectivity index (χ3v) is 2.27. The quantitative estimate of drug-likeness (QED) is 0.779. The van der Waals surface area contributed by atoms with Gasteiger partial charge in [-0.2, -0.15) is 0 Å². The van der Waals surface area contributed by atoms with Gasteiger partial charge in [0.05, 0.1) is 12.7 Å². The number of aromatic nitrogens is 2. The van der Waals surface area contributed by atoms with Gasteiger partial charge in [0.2, 0.25) is 0 Å². The molecule has 3 nitrogen and oxygen atoms in total. The maximum absolute atomic E-state index is 5.79. The minimum absolute atomic E-state index is 0.714. The molecule has 0 bridgehead atoms. The molecule has 0 saturated heterocycles. The van der Waals surface area contributed by atoms with Crippen molar-refractivity contribution in [1.29, 1.82) is 0 Å². The van der Waals surface area contributed by atoms with Gasteiger partial charge in [0, 0.05) is 0 Å². The molecule has 0 atom stereocenters. The monoisotopic (exact) mass is 187 g/mol. The molecule has 2 aromatic rings. The molecule has 3 heteroatoms. The number of aryl methyl sites for hydroxylation is 1. The largest absolute Gasteiger partial charge is 0.384 e. The molecule has 2 rings (SSSR count). The van der Waals surface area contributed by atoms with Gasteiger partial charge in [-0.1, -0.05) is 30.3 Å². The lowest BCUT2D eigenvalue weighted by Crippen LogP contribution is -2.05. The van der Waals surface area contributed by atoms with Crippen LogP contribution in [0.1, 0.15) is 11.4 Å². The molecular weight excluding hydrogens is 174 g/mol. The summed E-state index contributed by atoms with van der Waals surface area (Å²) in [6, 6.07) is 10.2. The Morgan fingerprint density at radius 2 is 2.00 bits per heavy atom. The fourth-order valence-corrected chi connectivity index (χ4v) is 1.46. The number of nitrogens with zero attached hydrogens (tertiary/aromatic N) is 2. The number of hydrogen-bond acceptors (Lipinski definition) is 2. The SMILES string of the molecule is Cc1ncc(N)n1Cc1ccccc1. The van der Waals surface area contributed by atoms with Crippen LogP contribution in [-0.4, -0.2) is 9.55 Å². The van der Waals surface area contributed by atoms with Gasteiger partial charge in [0.25, 0.3) is 0 Å². The topological polar surface area (TPSA) is 43.8 Å². The van der Waals surface area contributed by atoms with Crippen molar-refractivity contribution in [1.82, 2.24) is 9.55 Å². The van der Waals surface area contributed by atoms with Crippen LogP contribution in [0.5, 0.6) is 0 Å². The van der Waals surface area contributed by atoms with Crippen LogP contribution in [-0.2, 0) is 6.54 Å². The molecule has 2 N–H and O–H groups in total. The smallest absolute Gasteiger partial charge is 0.123 e. The molecular formula is C11H13N3. The Balaban J connectivity index is 2.27. The minimum Gasteiger partial charge on any atom is -0.384 e. The van der Waals surface area contributed by atoms with Crippen molar-refractivity contribution in [3.8, 4) is 0 Å². The van der Waals surface area contributed by atoms with Crippen molar-refractivity contribution in [3.63, 3.8) is 0 Å². The van der Waals surface area contributed by atoms with E-state index < -0.39 is 0 Å². The predicted octanol–water partition coefficient (Wildman–Crippen LogP) is 1.82. The molecule has 0 saturated carbocycles. The Kier molecular flexibility index (Phi) is 2.23. The molecule has 0 aliphatic heterocycles. The fourth-order valence-electron chi connectivity index (χ4n) is 1.46. The molecule has 0 fully saturated rings. The summed E-state index contributed by atoms with van der Waals surface area (Å²) in [4.78, 5) is 4.15. The van der Waals surface area contributed by atoms with Crippen molar-refractivity contribution in [2.45, 2.75) is 13.5 Å². The van der Waals surface area contributed by atoms with Crippen molar-refractivity contribution in [2.75, 3.05) is 5.73 Å². The number of anilines is 1. The lowest BCUT2D eigenvalue weighted by molar-refractivity contribution is 0.771. The van der Waals surface area contributed by atoms with Crippen molar-refractivity contribution in [3.05, 3.63) is 47.9 Å². The summed E-state index contributed by atoms with van der Waals surface area (Å²) in [7, 11) is 0. The molecule has 0 aliphatic rings. The van der Waals surface area contributed by atoms with Crippen molar-refractivity contribution in [2.24, 2.45) is 0 Å². The molecule has 72 valence electrons. The van der Waals surface area contributed by atoms with Gasteiger partial charge in [-0.15, -0.1) is 0 Å². The van der Waals surface area contributed by atoms with E-state index in [1.54, 1.807) is 6.20 Å². The van der Waals surface area contributed by atoms with Gasteiger partial charge in [0.1, 0.15) is 11.6 Å². The molecule has 0 spiro atoms. The second kappa shape index (κ2) is 3.54. The second-order valence-electron chi connectivity index (χ2n) is 3.30. The average molecular weight is 187 g/mol. The van der Waals surface area contributed by atoms with E-state index in [2.05, 4.69) is 17.1 Å².